The van der Waals surface area contributed by atoms with Gasteiger partial charge in [-0.1, -0.05) is 17.3 Å². The molecular formula is C13H17FN4. The third-order valence-electron chi connectivity index (χ3n) is 2.44. The predicted molar refractivity (Wildman–Crippen MR) is 67.9 cm³/mol. The molecule has 96 valence electrons. The normalized spacial score (nSPS) is 11.8. The quantitative estimate of drug-likeness (QED) is 0.906. The summed E-state index contributed by atoms with van der Waals surface area (Å²) in [5.41, 5.74) is 1.21. The number of rotatable bonds is 3. The number of halogens is 1. The van der Waals surface area contributed by atoms with Crippen LogP contribution in [0.25, 0.3) is 5.69 Å². The van der Waals surface area contributed by atoms with Crippen molar-refractivity contribution in [3.63, 3.8) is 0 Å². The summed E-state index contributed by atoms with van der Waals surface area (Å²) in [6, 6.07) is 6.50. The van der Waals surface area contributed by atoms with E-state index >= 15 is 0 Å². The minimum absolute atomic E-state index is 0.0157. The Morgan fingerprint density at radius 1 is 1.28 bits per heavy atom. The Kier molecular flexibility index (Phi) is 3.43. The highest BCUT2D eigenvalue weighted by atomic mass is 19.1. The number of hydrogen-bond donors (Lipinski definition) is 1. The van der Waals surface area contributed by atoms with Gasteiger partial charge in [0.1, 0.15) is 11.5 Å². The molecule has 0 fully saturated rings. The fraction of sp³-hybridized carbons (Fsp3) is 0.385. The lowest BCUT2D eigenvalue weighted by Gasteiger charge is -2.19. The summed E-state index contributed by atoms with van der Waals surface area (Å²) in [5, 5.41) is 11.3. The zero-order chi connectivity index (χ0) is 13.2. The van der Waals surface area contributed by atoms with E-state index in [-0.39, 0.29) is 11.4 Å². The van der Waals surface area contributed by atoms with Crippen LogP contribution in [-0.2, 0) is 6.54 Å². The Morgan fingerprint density at radius 2 is 2.00 bits per heavy atom. The molecule has 0 bridgehead atoms. The predicted octanol–water partition coefficient (Wildman–Crippen LogP) is 2.29. The van der Waals surface area contributed by atoms with E-state index in [1.807, 2.05) is 0 Å². The van der Waals surface area contributed by atoms with Crippen molar-refractivity contribution in [3.8, 4) is 5.69 Å². The number of benzene rings is 1. The lowest BCUT2D eigenvalue weighted by atomic mass is 10.1. The third kappa shape index (κ3) is 3.13. The first-order valence-electron chi connectivity index (χ1n) is 5.87. The van der Waals surface area contributed by atoms with Crippen molar-refractivity contribution in [1.29, 1.82) is 0 Å². The smallest absolute Gasteiger partial charge is 0.148 e. The first-order valence-corrected chi connectivity index (χ1v) is 5.87. The molecule has 0 amide bonds. The van der Waals surface area contributed by atoms with Crippen LogP contribution in [-0.4, -0.2) is 20.5 Å². The fourth-order valence-corrected chi connectivity index (χ4v) is 1.49. The Bertz CT molecular complexity index is 528. The van der Waals surface area contributed by atoms with E-state index in [0.717, 1.165) is 5.69 Å². The largest absolute Gasteiger partial charge is 0.306 e. The van der Waals surface area contributed by atoms with Crippen LogP contribution < -0.4 is 5.32 Å². The first kappa shape index (κ1) is 12.7. The minimum atomic E-state index is -0.308. The Labute approximate surface area is 106 Å². The van der Waals surface area contributed by atoms with Crippen LogP contribution in [0.5, 0.6) is 0 Å². The topological polar surface area (TPSA) is 42.7 Å². The van der Waals surface area contributed by atoms with Gasteiger partial charge in [-0.15, -0.1) is 5.10 Å². The lowest BCUT2D eigenvalue weighted by molar-refractivity contribution is 0.421. The molecule has 4 nitrogen and oxygen atoms in total. The first-order chi connectivity index (χ1) is 8.46. The van der Waals surface area contributed by atoms with Crippen LogP contribution >= 0.6 is 0 Å². The van der Waals surface area contributed by atoms with Crippen LogP contribution in [0.3, 0.4) is 0 Å². The van der Waals surface area contributed by atoms with Crippen molar-refractivity contribution < 1.29 is 4.39 Å². The van der Waals surface area contributed by atoms with Crippen LogP contribution in [0, 0.1) is 5.82 Å². The molecule has 0 radical (unpaired) electrons. The molecule has 0 aliphatic heterocycles. The van der Waals surface area contributed by atoms with E-state index in [9.17, 15) is 4.39 Å². The summed E-state index contributed by atoms with van der Waals surface area (Å²) in [4.78, 5) is 0. The monoisotopic (exact) mass is 248 g/mol. The average molecular weight is 248 g/mol. The van der Waals surface area contributed by atoms with Gasteiger partial charge in [-0.05, 0) is 32.9 Å². The van der Waals surface area contributed by atoms with Crippen molar-refractivity contribution in [2.75, 3.05) is 0 Å². The van der Waals surface area contributed by atoms with Gasteiger partial charge in [0.15, 0.2) is 0 Å². The molecule has 0 unspecified atom stereocenters. The van der Waals surface area contributed by atoms with Crippen molar-refractivity contribution in [2.45, 2.75) is 32.9 Å². The van der Waals surface area contributed by atoms with E-state index in [1.165, 1.54) is 10.7 Å². The molecule has 18 heavy (non-hydrogen) atoms. The van der Waals surface area contributed by atoms with Gasteiger partial charge >= 0.3 is 0 Å². The number of nitrogens with zero attached hydrogens (tertiary/aromatic N) is 3. The third-order valence-corrected chi connectivity index (χ3v) is 2.44. The molecule has 0 saturated heterocycles. The highest BCUT2D eigenvalue weighted by Gasteiger charge is 2.11. The second-order valence-electron chi connectivity index (χ2n) is 5.21. The van der Waals surface area contributed by atoms with Crippen LogP contribution in [0.2, 0.25) is 0 Å². The highest BCUT2D eigenvalue weighted by molar-refractivity contribution is 5.32. The summed E-state index contributed by atoms with van der Waals surface area (Å²) in [6.45, 7) is 6.84. The molecule has 1 aromatic carbocycles. The maximum absolute atomic E-state index is 13.6. The summed E-state index contributed by atoms with van der Waals surface area (Å²) in [5.74, 6) is -0.308. The van der Waals surface area contributed by atoms with Gasteiger partial charge in [0.25, 0.3) is 0 Å². The Morgan fingerprint density at radius 3 is 2.67 bits per heavy atom. The number of aromatic nitrogens is 3. The van der Waals surface area contributed by atoms with E-state index in [4.69, 9.17) is 0 Å². The molecule has 2 aromatic rings. The zero-order valence-corrected chi connectivity index (χ0v) is 10.8. The van der Waals surface area contributed by atoms with Crippen molar-refractivity contribution in [1.82, 2.24) is 20.3 Å². The Hall–Kier alpha value is -1.75. The summed E-state index contributed by atoms with van der Waals surface area (Å²) >= 11 is 0. The van der Waals surface area contributed by atoms with Gasteiger partial charge in [-0.3, -0.25) is 0 Å². The van der Waals surface area contributed by atoms with E-state index in [1.54, 1.807) is 24.4 Å². The molecule has 0 atom stereocenters. The van der Waals surface area contributed by atoms with E-state index in [2.05, 4.69) is 36.4 Å². The van der Waals surface area contributed by atoms with Gasteiger partial charge in [0.05, 0.1) is 11.9 Å². The second kappa shape index (κ2) is 4.86. The van der Waals surface area contributed by atoms with E-state index < -0.39 is 0 Å². The van der Waals surface area contributed by atoms with Gasteiger partial charge in [-0.25, -0.2) is 9.07 Å². The average Bonchev–Trinajstić information content (AvgIpc) is 2.75. The molecule has 5 heteroatoms. The molecule has 0 saturated carbocycles. The van der Waals surface area contributed by atoms with Gasteiger partial charge in [0, 0.05) is 12.1 Å². The van der Waals surface area contributed by atoms with Gasteiger partial charge in [0.2, 0.25) is 0 Å². The van der Waals surface area contributed by atoms with Crippen LogP contribution in [0.1, 0.15) is 26.5 Å². The summed E-state index contributed by atoms with van der Waals surface area (Å²) < 4.78 is 15.0. The van der Waals surface area contributed by atoms with Crippen LogP contribution in [0.15, 0.2) is 30.5 Å². The Balaban J connectivity index is 2.14. The molecule has 2 rings (SSSR count). The van der Waals surface area contributed by atoms with Crippen molar-refractivity contribution in [3.05, 3.63) is 42.0 Å². The number of para-hydroxylation sites is 1. The summed E-state index contributed by atoms with van der Waals surface area (Å²) in [6.07, 6.45) is 1.73. The van der Waals surface area contributed by atoms with Crippen molar-refractivity contribution >= 4 is 0 Å². The molecule has 0 aliphatic carbocycles. The molecule has 0 aliphatic rings. The second-order valence-corrected chi connectivity index (χ2v) is 5.21. The SMILES string of the molecule is CC(C)(C)NCc1cn(-c2ccccc2F)nn1. The maximum Gasteiger partial charge on any atom is 0.148 e. The molecule has 1 N–H and O–H groups in total. The highest BCUT2D eigenvalue weighted by Crippen LogP contribution is 2.11. The van der Waals surface area contributed by atoms with Crippen molar-refractivity contribution in [2.24, 2.45) is 0 Å². The minimum Gasteiger partial charge on any atom is -0.306 e. The fourth-order valence-electron chi connectivity index (χ4n) is 1.49. The van der Waals surface area contributed by atoms with Gasteiger partial charge < -0.3 is 5.32 Å². The number of nitrogens with one attached hydrogen (secondary N) is 1. The molecule has 1 heterocycles. The molecule has 1 aromatic heterocycles. The molecular weight excluding hydrogens is 231 g/mol. The molecule has 0 spiro atoms. The zero-order valence-electron chi connectivity index (χ0n) is 10.8. The van der Waals surface area contributed by atoms with Gasteiger partial charge in [-0.2, -0.15) is 0 Å². The standard InChI is InChI=1S/C13H17FN4/c1-13(2,3)15-8-10-9-18(17-16-10)12-7-5-4-6-11(12)14/h4-7,9,15H,8H2,1-3H3. The van der Waals surface area contributed by atoms with E-state index in [0.29, 0.717) is 12.2 Å². The summed E-state index contributed by atoms with van der Waals surface area (Å²) in [7, 11) is 0. The maximum atomic E-state index is 13.6. The van der Waals surface area contributed by atoms with Crippen LogP contribution in [0.4, 0.5) is 4.39 Å². The lowest BCUT2D eigenvalue weighted by Crippen LogP contribution is -2.35. The number of hydrogen-bond acceptors (Lipinski definition) is 3.